The van der Waals surface area contributed by atoms with E-state index in [9.17, 15) is 13.9 Å². The lowest BCUT2D eigenvalue weighted by Gasteiger charge is -2.10. The number of hydrogen-bond acceptors (Lipinski definition) is 3. The zero-order valence-corrected chi connectivity index (χ0v) is 8.05. The molecule has 0 aromatic carbocycles. The summed E-state index contributed by atoms with van der Waals surface area (Å²) in [6.45, 7) is 0. The van der Waals surface area contributed by atoms with Crippen LogP contribution in [0.15, 0.2) is 6.20 Å². The van der Waals surface area contributed by atoms with Crippen LogP contribution >= 0.6 is 11.6 Å². The van der Waals surface area contributed by atoms with Crippen LogP contribution in [0.2, 0.25) is 0 Å². The molecule has 0 radical (unpaired) electrons. The number of nitrogens with zero attached hydrogens (tertiary/aromatic N) is 1. The van der Waals surface area contributed by atoms with E-state index in [1.807, 2.05) is 0 Å². The van der Waals surface area contributed by atoms with E-state index in [2.05, 4.69) is 9.72 Å². The Bertz CT molecular complexity index is 333. The Morgan fingerprint density at radius 1 is 1.64 bits per heavy atom. The van der Waals surface area contributed by atoms with Crippen molar-refractivity contribution in [1.82, 2.24) is 4.98 Å². The fourth-order valence-electron chi connectivity index (χ4n) is 1.00. The predicted molar refractivity (Wildman–Crippen MR) is 47.0 cm³/mol. The Morgan fingerprint density at radius 2 is 2.29 bits per heavy atom. The molecule has 78 valence electrons. The van der Waals surface area contributed by atoms with Crippen molar-refractivity contribution in [3.05, 3.63) is 17.5 Å². The number of ether oxygens (including phenoxy) is 1. The molecule has 6 heteroatoms. The second kappa shape index (κ2) is 4.41. The van der Waals surface area contributed by atoms with Crippen LogP contribution < -0.4 is 4.74 Å². The minimum Gasteiger partial charge on any atom is -0.503 e. The highest BCUT2D eigenvalue weighted by Gasteiger charge is 2.20. The third kappa shape index (κ3) is 1.87. The van der Waals surface area contributed by atoms with Gasteiger partial charge in [-0.25, -0.2) is 8.78 Å². The zero-order valence-electron chi connectivity index (χ0n) is 7.30. The first-order chi connectivity index (χ1) is 6.61. The van der Waals surface area contributed by atoms with Gasteiger partial charge in [0, 0.05) is 6.20 Å². The minimum absolute atomic E-state index is 0.0638. The molecule has 0 aliphatic carbocycles. The number of pyridine rings is 1. The molecule has 1 N–H and O–H groups in total. The van der Waals surface area contributed by atoms with Crippen molar-refractivity contribution < 1.29 is 18.6 Å². The fourth-order valence-corrected chi connectivity index (χ4v) is 1.20. The van der Waals surface area contributed by atoms with Crippen molar-refractivity contribution in [2.45, 2.75) is 12.3 Å². The van der Waals surface area contributed by atoms with E-state index < -0.39 is 17.7 Å². The van der Waals surface area contributed by atoms with Crippen molar-refractivity contribution in [3.63, 3.8) is 0 Å². The first kappa shape index (κ1) is 11.0. The highest BCUT2D eigenvalue weighted by Crippen LogP contribution is 2.37. The first-order valence-corrected chi connectivity index (χ1v) is 4.24. The summed E-state index contributed by atoms with van der Waals surface area (Å²) in [4.78, 5) is 3.58. The maximum Gasteiger partial charge on any atom is 0.269 e. The Kier molecular flexibility index (Phi) is 3.46. The topological polar surface area (TPSA) is 42.4 Å². The SMILES string of the molecule is COc1c(C(F)F)cnc(CCl)c1O. The number of methoxy groups -OCH3 is 1. The summed E-state index contributed by atoms with van der Waals surface area (Å²) < 4.78 is 29.4. The Morgan fingerprint density at radius 3 is 2.71 bits per heavy atom. The molecular formula is C8H8ClF2NO2. The molecule has 0 fully saturated rings. The molecule has 1 heterocycles. The number of halogens is 3. The molecule has 0 spiro atoms. The molecule has 3 nitrogen and oxygen atoms in total. The smallest absolute Gasteiger partial charge is 0.269 e. The average molecular weight is 224 g/mol. The Balaban J connectivity index is 3.28. The van der Waals surface area contributed by atoms with Gasteiger partial charge in [0.1, 0.15) is 5.69 Å². The van der Waals surface area contributed by atoms with Gasteiger partial charge in [-0.2, -0.15) is 0 Å². The lowest BCUT2D eigenvalue weighted by Crippen LogP contribution is -1.97. The molecule has 1 aromatic heterocycles. The van der Waals surface area contributed by atoms with Crippen LogP contribution in [-0.4, -0.2) is 17.2 Å². The van der Waals surface area contributed by atoms with Crippen LogP contribution in [0.25, 0.3) is 0 Å². The number of hydrogen-bond donors (Lipinski definition) is 1. The van der Waals surface area contributed by atoms with Gasteiger partial charge in [-0.3, -0.25) is 4.98 Å². The largest absolute Gasteiger partial charge is 0.503 e. The number of aromatic nitrogens is 1. The van der Waals surface area contributed by atoms with Crippen LogP contribution in [0.3, 0.4) is 0 Å². The van der Waals surface area contributed by atoms with Gasteiger partial charge in [0.05, 0.1) is 18.6 Å². The maximum atomic E-state index is 12.4. The van der Waals surface area contributed by atoms with E-state index in [1.54, 1.807) is 0 Å². The highest BCUT2D eigenvalue weighted by atomic mass is 35.5. The normalized spacial score (nSPS) is 10.6. The second-order valence-corrected chi connectivity index (χ2v) is 2.74. The molecule has 1 rings (SSSR count). The molecule has 0 aliphatic rings. The molecule has 0 saturated heterocycles. The van der Waals surface area contributed by atoms with Gasteiger partial charge >= 0.3 is 0 Å². The van der Waals surface area contributed by atoms with Crippen LogP contribution in [0, 0.1) is 0 Å². The first-order valence-electron chi connectivity index (χ1n) is 3.70. The van der Waals surface area contributed by atoms with E-state index in [0.29, 0.717) is 0 Å². The standard InChI is InChI=1S/C8H8ClF2NO2/c1-14-7-4(8(10)11)3-12-5(2-9)6(7)13/h3,8,13H,2H2,1H3. The highest BCUT2D eigenvalue weighted by molar-refractivity contribution is 6.17. The molecule has 14 heavy (non-hydrogen) atoms. The van der Waals surface area contributed by atoms with Gasteiger partial charge in [0.25, 0.3) is 6.43 Å². The molecule has 0 atom stereocenters. The van der Waals surface area contributed by atoms with Crippen LogP contribution in [0.1, 0.15) is 17.7 Å². The third-order valence-electron chi connectivity index (χ3n) is 1.68. The van der Waals surface area contributed by atoms with Crippen molar-refractivity contribution in [3.8, 4) is 11.5 Å². The molecule has 0 aliphatic heterocycles. The summed E-state index contributed by atoms with van der Waals surface area (Å²) in [5.41, 5.74) is -0.327. The van der Waals surface area contributed by atoms with E-state index in [1.165, 1.54) is 7.11 Å². The van der Waals surface area contributed by atoms with Crippen LogP contribution in [-0.2, 0) is 5.88 Å². The predicted octanol–water partition coefficient (Wildman–Crippen LogP) is 2.47. The van der Waals surface area contributed by atoms with E-state index in [-0.39, 0.29) is 17.3 Å². The summed E-state index contributed by atoms with van der Waals surface area (Å²) in [6, 6.07) is 0. The van der Waals surface area contributed by atoms with Crippen molar-refractivity contribution in [1.29, 1.82) is 0 Å². The maximum absolute atomic E-state index is 12.4. The van der Waals surface area contributed by atoms with E-state index >= 15 is 0 Å². The van der Waals surface area contributed by atoms with Crippen molar-refractivity contribution >= 4 is 11.6 Å². The minimum atomic E-state index is -2.74. The molecule has 0 saturated carbocycles. The zero-order chi connectivity index (χ0) is 10.7. The van der Waals surface area contributed by atoms with Gasteiger partial charge in [0.15, 0.2) is 11.5 Å². The fraction of sp³-hybridized carbons (Fsp3) is 0.375. The van der Waals surface area contributed by atoms with Gasteiger partial charge in [-0.15, -0.1) is 11.6 Å². The molecule has 0 amide bonds. The molecule has 0 unspecified atom stereocenters. The van der Waals surface area contributed by atoms with E-state index in [4.69, 9.17) is 11.6 Å². The van der Waals surface area contributed by atoms with E-state index in [0.717, 1.165) is 6.20 Å². The summed E-state index contributed by atoms with van der Waals surface area (Å²) in [6.07, 6.45) is -1.80. The molecular weight excluding hydrogens is 216 g/mol. The average Bonchev–Trinajstić information content (AvgIpc) is 2.17. The van der Waals surface area contributed by atoms with Gasteiger partial charge in [-0.05, 0) is 0 Å². The Hall–Kier alpha value is -1.10. The third-order valence-corrected chi connectivity index (χ3v) is 1.93. The van der Waals surface area contributed by atoms with Gasteiger partial charge < -0.3 is 9.84 Å². The summed E-state index contributed by atoms with van der Waals surface area (Å²) in [5.74, 6) is -0.767. The summed E-state index contributed by atoms with van der Waals surface area (Å²) in [5, 5.41) is 9.41. The number of alkyl halides is 3. The second-order valence-electron chi connectivity index (χ2n) is 2.48. The number of aromatic hydroxyl groups is 1. The number of rotatable bonds is 3. The molecule has 0 bridgehead atoms. The lowest BCUT2D eigenvalue weighted by molar-refractivity contribution is 0.145. The van der Waals surface area contributed by atoms with Crippen LogP contribution in [0.5, 0.6) is 11.5 Å². The van der Waals surface area contributed by atoms with Gasteiger partial charge in [-0.1, -0.05) is 0 Å². The molecule has 1 aromatic rings. The van der Waals surface area contributed by atoms with Crippen molar-refractivity contribution in [2.75, 3.05) is 7.11 Å². The lowest BCUT2D eigenvalue weighted by atomic mass is 10.2. The summed E-state index contributed by atoms with van der Waals surface area (Å²) in [7, 11) is 1.19. The van der Waals surface area contributed by atoms with Crippen molar-refractivity contribution in [2.24, 2.45) is 0 Å². The Labute approximate surface area is 84.3 Å². The summed E-state index contributed by atoms with van der Waals surface area (Å²) >= 11 is 5.43. The quantitative estimate of drug-likeness (QED) is 0.801. The van der Waals surface area contributed by atoms with Crippen LogP contribution in [0.4, 0.5) is 8.78 Å². The van der Waals surface area contributed by atoms with Gasteiger partial charge in [0.2, 0.25) is 0 Å². The monoisotopic (exact) mass is 223 g/mol.